The van der Waals surface area contributed by atoms with Crippen LogP contribution >= 0.6 is 23.2 Å². The van der Waals surface area contributed by atoms with E-state index in [2.05, 4.69) is 12.2 Å². The van der Waals surface area contributed by atoms with Gasteiger partial charge < -0.3 is 5.32 Å². The lowest BCUT2D eigenvalue weighted by atomic mass is 10.0. The van der Waals surface area contributed by atoms with Crippen molar-refractivity contribution in [3.8, 4) is 0 Å². The monoisotopic (exact) mass is 287 g/mol. The van der Waals surface area contributed by atoms with E-state index in [1.165, 1.54) is 0 Å². The second kappa shape index (κ2) is 6.44. The van der Waals surface area contributed by atoms with E-state index in [-0.39, 0.29) is 11.4 Å². The summed E-state index contributed by atoms with van der Waals surface area (Å²) in [4.78, 5) is 11.8. The second-order valence-electron chi connectivity index (χ2n) is 5.02. The summed E-state index contributed by atoms with van der Waals surface area (Å²) in [6.45, 7) is 6.08. The van der Waals surface area contributed by atoms with Crippen LogP contribution in [0.25, 0.3) is 0 Å². The predicted octanol–water partition coefficient (Wildman–Crippen LogP) is 4.23. The molecule has 0 unspecified atom stereocenters. The van der Waals surface area contributed by atoms with Crippen molar-refractivity contribution in [1.29, 1.82) is 0 Å². The molecule has 18 heavy (non-hydrogen) atoms. The van der Waals surface area contributed by atoms with E-state index in [9.17, 15) is 4.79 Å². The molecule has 0 aliphatic rings. The molecule has 0 heterocycles. The fourth-order valence-electron chi connectivity index (χ4n) is 1.50. The van der Waals surface area contributed by atoms with Crippen molar-refractivity contribution in [2.45, 2.75) is 45.6 Å². The Morgan fingerprint density at radius 2 is 2.00 bits per heavy atom. The van der Waals surface area contributed by atoms with Crippen molar-refractivity contribution in [2.75, 3.05) is 0 Å². The van der Waals surface area contributed by atoms with Crippen LogP contribution in [0.2, 0.25) is 10.0 Å². The maximum Gasteiger partial charge on any atom is 0.220 e. The van der Waals surface area contributed by atoms with Gasteiger partial charge in [0.15, 0.2) is 0 Å². The van der Waals surface area contributed by atoms with Crippen molar-refractivity contribution >= 4 is 29.1 Å². The van der Waals surface area contributed by atoms with Crippen LogP contribution in [-0.4, -0.2) is 11.4 Å². The molecule has 0 saturated carbocycles. The lowest BCUT2D eigenvalue weighted by Gasteiger charge is -2.24. The van der Waals surface area contributed by atoms with Gasteiger partial charge in [0.25, 0.3) is 0 Å². The molecular weight excluding hydrogens is 269 g/mol. The number of nitrogens with one attached hydrogen (secondary N) is 1. The molecule has 2 nitrogen and oxygen atoms in total. The molecule has 1 N–H and O–H groups in total. The number of aryl methyl sites for hydroxylation is 1. The minimum Gasteiger partial charge on any atom is -0.351 e. The minimum atomic E-state index is -0.152. The maximum absolute atomic E-state index is 11.8. The van der Waals surface area contributed by atoms with Crippen LogP contribution in [0.15, 0.2) is 18.2 Å². The van der Waals surface area contributed by atoms with E-state index in [4.69, 9.17) is 23.2 Å². The number of benzene rings is 1. The molecule has 0 bridgehead atoms. The third kappa shape index (κ3) is 4.87. The van der Waals surface area contributed by atoms with Crippen LogP contribution in [0.3, 0.4) is 0 Å². The number of halogens is 2. The van der Waals surface area contributed by atoms with Gasteiger partial charge in [-0.2, -0.15) is 0 Å². The zero-order valence-corrected chi connectivity index (χ0v) is 12.5. The van der Waals surface area contributed by atoms with Gasteiger partial charge in [0, 0.05) is 22.0 Å². The van der Waals surface area contributed by atoms with E-state index >= 15 is 0 Å². The average Bonchev–Trinajstić information content (AvgIpc) is 2.27. The quantitative estimate of drug-likeness (QED) is 0.863. The van der Waals surface area contributed by atoms with Crippen LogP contribution in [0, 0.1) is 0 Å². The summed E-state index contributed by atoms with van der Waals surface area (Å²) in [6, 6.07) is 5.35. The molecule has 1 aromatic carbocycles. The number of amides is 1. The van der Waals surface area contributed by atoms with E-state index < -0.39 is 0 Å². The Kier molecular flexibility index (Phi) is 5.48. The largest absolute Gasteiger partial charge is 0.351 e. The summed E-state index contributed by atoms with van der Waals surface area (Å²) in [5.41, 5.74) is 0.798. The molecule has 100 valence electrons. The van der Waals surface area contributed by atoms with Crippen LogP contribution in [0.1, 0.15) is 39.2 Å². The normalized spacial score (nSPS) is 11.4. The minimum absolute atomic E-state index is 0.0490. The molecule has 0 radical (unpaired) electrons. The van der Waals surface area contributed by atoms with E-state index in [1.54, 1.807) is 12.1 Å². The fourth-order valence-corrected chi connectivity index (χ4v) is 2.00. The highest BCUT2D eigenvalue weighted by molar-refractivity contribution is 6.35. The highest BCUT2D eigenvalue weighted by Crippen LogP contribution is 2.22. The van der Waals surface area contributed by atoms with Crippen LogP contribution in [0.4, 0.5) is 0 Å². The Labute approximate surface area is 119 Å². The highest BCUT2D eigenvalue weighted by Gasteiger charge is 2.17. The summed E-state index contributed by atoms with van der Waals surface area (Å²) in [7, 11) is 0. The Bertz CT molecular complexity index is 430. The summed E-state index contributed by atoms with van der Waals surface area (Å²) in [6.07, 6.45) is 1.97. The molecule has 0 atom stereocenters. The molecule has 0 saturated heterocycles. The molecule has 0 aliphatic heterocycles. The molecule has 1 amide bonds. The summed E-state index contributed by atoms with van der Waals surface area (Å²) in [5, 5.41) is 4.23. The first-order chi connectivity index (χ1) is 8.34. The number of hydrogen-bond acceptors (Lipinski definition) is 1. The van der Waals surface area contributed by atoms with Crippen molar-refractivity contribution in [3.63, 3.8) is 0 Å². The molecule has 0 spiro atoms. The van der Waals surface area contributed by atoms with Crippen molar-refractivity contribution in [3.05, 3.63) is 33.8 Å². The van der Waals surface area contributed by atoms with Crippen molar-refractivity contribution in [2.24, 2.45) is 0 Å². The summed E-state index contributed by atoms with van der Waals surface area (Å²) < 4.78 is 0. The fraction of sp³-hybridized carbons (Fsp3) is 0.500. The molecule has 0 aromatic heterocycles. The van der Waals surface area contributed by atoms with Gasteiger partial charge in [0.2, 0.25) is 5.91 Å². The second-order valence-corrected chi connectivity index (χ2v) is 5.86. The van der Waals surface area contributed by atoms with E-state index in [0.717, 1.165) is 12.0 Å². The van der Waals surface area contributed by atoms with Crippen LogP contribution < -0.4 is 5.32 Å². The average molecular weight is 288 g/mol. The number of carbonyl (C=O) groups excluding carboxylic acids is 1. The maximum atomic E-state index is 11.8. The van der Waals surface area contributed by atoms with Gasteiger partial charge >= 0.3 is 0 Å². The third-order valence-electron chi connectivity index (χ3n) is 3.00. The first-order valence-electron chi connectivity index (χ1n) is 6.09. The first kappa shape index (κ1) is 15.3. The lowest BCUT2D eigenvalue weighted by Crippen LogP contribution is -2.42. The van der Waals surface area contributed by atoms with Gasteiger partial charge in [0.05, 0.1) is 0 Å². The van der Waals surface area contributed by atoms with Crippen LogP contribution in [0.5, 0.6) is 0 Å². The smallest absolute Gasteiger partial charge is 0.220 e. The van der Waals surface area contributed by atoms with Crippen LogP contribution in [-0.2, 0) is 11.2 Å². The van der Waals surface area contributed by atoms with E-state index in [1.807, 2.05) is 19.9 Å². The SMILES string of the molecule is CCC(C)(C)NC(=O)CCc1ccc(Cl)cc1Cl. The molecular formula is C14H19Cl2NO. The molecule has 1 aromatic rings. The Hall–Kier alpha value is -0.730. The number of hydrogen-bond donors (Lipinski definition) is 1. The predicted molar refractivity (Wildman–Crippen MR) is 77.3 cm³/mol. The third-order valence-corrected chi connectivity index (χ3v) is 3.59. The van der Waals surface area contributed by atoms with Gasteiger partial charge in [-0.15, -0.1) is 0 Å². The van der Waals surface area contributed by atoms with Gasteiger partial charge in [-0.1, -0.05) is 36.2 Å². The summed E-state index contributed by atoms with van der Waals surface area (Å²) >= 11 is 11.9. The zero-order chi connectivity index (χ0) is 13.8. The van der Waals surface area contributed by atoms with Gasteiger partial charge in [0.1, 0.15) is 0 Å². The van der Waals surface area contributed by atoms with E-state index in [0.29, 0.717) is 22.9 Å². The molecule has 4 heteroatoms. The Morgan fingerprint density at radius 3 is 2.56 bits per heavy atom. The van der Waals surface area contributed by atoms with Gasteiger partial charge in [-0.3, -0.25) is 4.79 Å². The van der Waals surface area contributed by atoms with Crippen molar-refractivity contribution < 1.29 is 4.79 Å². The first-order valence-corrected chi connectivity index (χ1v) is 6.84. The highest BCUT2D eigenvalue weighted by atomic mass is 35.5. The summed E-state index contributed by atoms with van der Waals surface area (Å²) in [5.74, 6) is 0.0490. The zero-order valence-electron chi connectivity index (χ0n) is 11.0. The Morgan fingerprint density at radius 1 is 1.33 bits per heavy atom. The van der Waals surface area contributed by atoms with Gasteiger partial charge in [-0.25, -0.2) is 0 Å². The topological polar surface area (TPSA) is 29.1 Å². The Balaban J connectivity index is 2.53. The lowest BCUT2D eigenvalue weighted by molar-refractivity contribution is -0.122. The molecule has 1 rings (SSSR count). The van der Waals surface area contributed by atoms with Crippen molar-refractivity contribution in [1.82, 2.24) is 5.32 Å². The van der Waals surface area contributed by atoms with Gasteiger partial charge in [-0.05, 0) is 44.4 Å². The standard InChI is InChI=1S/C14H19Cl2NO/c1-4-14(2,3)17-13(18)8-6-10-5-7-11(15)9-12(10)16/h5,7,9H,4,6,8H2,1-3H3,(H,17,18). The molecule has 0 aliphatic carbocycles. The number of carbonyl (C=O) groups is 1. The molecule has 0 fully saturated rings. The number of rotatable bonds is 5.